The quantitative estimate of drug-likeness (QED) is 0.877. The van der Waals surface area contributed by atoms with Gasteiger partial charge >= 0.3 is 0 Å². The lowest BCUT2D eigenvalue weighted by atomic mass is 9.89. The van der Waals surface area contributed by atoms with Gasteiger partial charge in [0.05, 0.1) is 12.7 Å². The predicted octanol–water partition coefficient (Wildman–Crippen LogP) is 3.49. The van der Waals surface area contributed by atoms with E-state index in [9.17, 15) is 4.79 Å². The Morgan fingerprint density at radius 3 is 2.87 bits per heavy atom. The molecule has 2 bridgehead atoms. The smallest absolute Gasteiger partial charge is 0.258 e. The van der Waals surface area contributed by atoms with Gasteiger partial charge in [-0.3, -0.25) is 4.79 Å². The van der Waals surface area contributed by atoms with Crippen molar-refractivity contribution in [2.75, 3.05) is 7.11 Å². The summed E-state index contributed by atoms with van der Waals surface area (Å²) in [4.78, 5) is 12.7. The van der Waals surface area contributed by atoms with Gasteiger partial charge in [-0.15, -0.1) is 0 Å². The number of ether oxygens (including phenoxy) is 2. The van der Waals surface area contributed by atoms with Crippen LogP contribution in [0.1, 0.15) is 36.0 Å². The highest BCUT2D eigenvalue weighted by atomic mass is 16.5. The molecule has 1 N–H and O–H groups in total. The first-order chi connectivity index (χ1) is 11.2. The Hall–Kier alpha value is -2.23. The van der Waals surface area contributed by atoms with Crippen molar-refractivity contribution in [2.24, 2.45) is 11.8 Å². The van der Waals surface area contributed by atoms with Crippen LogP contribution in [0.2, 0.25) is 0 Å². The SMILES string of the molecule is COc1ccc2ccc3c(c2c1)OC1(CC2CCC1C2)NC3=O. The molecular formula is C19H19NO3. The van der Waals surface area contributed by atoms with Crippen molar-refractivity contribution in [1.29, 1.82) is 0 Å². The fourth-order valence-electron chi connectivity index (χ4n) is 4.71. The Bertz CT molecular complexity index is 831. The largest absolute Gasteiger partial charge is 0.497 e. The van der Waals surface area contributed by atoms with E-state index in [0.29, 0.717) is 17.4 Å². The van der Waals surface area contributed by atoms with Crippen molar-refractivity contribution in [1.82, 2.24) is 5.32 Å². The molecule has 1 heterocycles. The average Bonchev–Trinajstić information content (AvgIpc) is 3.15. The third-order valence-electron chi connectivity index (χ3n) is 5.83. The van der Waals surface area contributed by atoms with Crippen LogP contribution in [0, 0.1) is 11.8 Å². The fraction of sp³-hybridized carbons (Fsp3) is 0.421. The van der Waals surface area contributed by atoms with Gasteiger partial charge in [-0.05, 0) is 48.8 Å². The Labute approximate surface area is 134 Å². The molecule has 3 unspecified atom stereocenters. The maximum Gasteiger partial charge on any atom is 0.258 e. The first kappa shape index (κ1) is 13.2. The zero-order chi connectivity index (χ0) is 15.6. The molecule has 2 aromatic carbocycles. The van der Waals surface area contributed by atoms with E-state index in [2.05, 4.69) is 5.32 Å². The van der Waals surface area contributed by atoms with E-state index in [0.717, 1.165) is 35.1 Å². The van der Waals surface area contributed by atoms with E-state index in [1.807, 2.05) is 30.3 Å². The van der Waals surface area contributed by atoms with Crippen molar-refractivity contribution in [3.8, 4) is 11.5 Å². The number of benzene rings is 2. The van der Waals surface area contributed by atoms with E-state index in [1.54, 1.807) is 7.11 Å². The normalized spacial score (nSPS) is 31.1. The number of methoxy groups -OCH3 is 1. The van der Waals surface area contributed by atoms with Crippen LogP contribution in [-0.2, 0) is 0 Å². The molecule has 2 fully saturated rings. The molecule has 5 rings (SSSR count). The maximum atomic E-state index is 12.7. The van der Waals surface area contributed by atoms with Gasteiger partial charge in [0.15, 0.2) is 5.72 Å². The molecule has 4 nitrogen and oxygen atoms in total. The second kappa shape index (κ2) is 4.40. The fourth-order valence-corrected chi connectivity index (χ4v) is 4.71. The van der Waals surface area contributed by atoms with Crippen LogP contribution in [-0.4, -0.2) is 18.7 Å². The summed E-state index contributed by atoms with van der Waals surface area (Å²) in [5.74, 6) is 2.61. The summed E-state index contributed by atoms with van der Waals surface area (Å²) in [6.07, 6.45) is 4.52. The lowest BCUT2D eigenvalue weighted by Gasteiger charge is -2.42. The standard InChI is InChI=1S/C19H19NO3/c1-22-14-6-3-12-4-7-15-17(16(12)9-14)23-19(20-18(15)21)10-11-2-5-13(19)8-11/h3-4,6-7,9,11,13H,2,5,8,10H2,1H3,(H,20,21). The number of carbonyl (C=O) groups is 1. The van der Waals surface area contributed by atoms with Crippen molar-refractivity contribution in [2.45, 2.75) is 31.4 Å². The summed E-state index contributed by atoms with van der Waals surface area (Å²) in [6.45, 7) is 0. The van der Waals surface area contributed by atoms with E-state index in [1.165, 1.54) is 12.8 Å². The monoisotopic (exact) mass is 309 g/mol. The number of amides is 1. The highest BCUT2D eigenvalue weighted by Crippen LogP contribution is 2.53. The van der Waals surface area contributed by atoms with Gasteiger partial charge in [-0.1, -0.05) is 12.1 Å². The summed E-state index contributed by atoms with van der Waals surface area (Å²) in [5.41, 5.74) is 0.129. The Kier molecular flexibility index (Phi) is 2.53. The van der Waals surface area contributed by atoms with Crippen molar-refractivity contribution >= 4 is 16.7 Å². The van der Waals surface area contributed by atoms with Crippen LogP contribution in [0.5, 0.6) is 11.5 Å². The molecule has 2 aliphatic carbocycles. The molecule has 23 heavy (non-hydrogen) atoms. The molecular weight excluding hydrogens is 290 g/mol. The van der Waals surface area contributed by atoms with Crippen LogP contribution in [0.3, 0.4) is 0 Å². The van der Waals surface area contributed by atoms with Crippen molar-refractivity contribution in [3.05, 3.63) is 35.9 Å². The number of carbonyl (C=O) groups excluding carboxylic acids is 1. The molecule has 118 valence electrons. The molecule has 0 radical (unpaired) electrons. The highest BCUT2D eigenvalue weighted by Gasteiger charge is 2.56. The number of rotatable bonds is 1. The van der Waals surface area contributed by atoms with E-state index >= 15 is 0 Å². The molecule has 1 spiro atoms. The first-order valence-electron chi connectivity index (χ1n) is 8.31. The maximum absolute atomic E-state index is 12.7. The van der Waals surface area contributed by atoms with E-state index < -0.39 is 5.72 Å². The number of nitrogens with one attached hydrogen (secondary N) is 1. The molecule has 2 saturated carbocycles. The van der Waals surface area contributed by atoms with Crippen LogP contribution in [0.25, 0.3) is 10.8 Å². The number of hydrogen-bond donors (Lipinski definition) is 1. The zero-order valence-corrected chi connectivity index (χ0v) is 13.1. The van der Waals surface area contributed by atoms with Gasteiger partial charge in [-0.25, -0.2) is 0 Å². The Balaban J connectivity index is 1.69. The Morgan fingerprint density at radius 2 is 2.13 bits per heavy atom. The van der Waals surface area contributed by atoms with E-state index in [-0.39, 0.29) is 5.91 Å². The highest BCUT2D eigenvalue weighted by molar-refractivity contribution is 6.05. The summed E-state index contributed by atoms with van der Waals surface area (Å²) in [6, 6.07) is 9.74. The molecule has 3 atom stereocenters. The van der Waals surface area contributed by atoms with Gasteiger partial charge in [0.25, 0.3) is 5.91 Å². The molecule has 1 aliphatic heterocycles. The lowest BCUT2D eigenvalue weighted by molar-refractivity contribution is -0.0216. The third kappa shape index (κ3) is 1.75. The lowest BCUT2D eigenvalue weighted by Crippen LogP contribution is -2.59. The first-order valence-corrected chi connectivity index (χ1v) is 8.31. The third-order valence-corrected chi connectivity index (χ3v) is 5.83. The molecule has 0 saturated heterocycles. The Morgan fingerprint density at radius 1 is 1.26 bits per heavy atom. The zero-order valence-electron chi connectivity index (χ0n) is 13.1. The van der Waals surface area contributed by atoms with Gasteiger partial charge < -0.3 is 14.8 Å². The second-order valence-electron chi connectivity index (χ2n) is 7.06. The second-order valence-corrected chi connectivity index (χ2v) is 7.06. The van der Waals surface area contributed by atoms with Crippen molar-refractivity contribution in [3.63, 3.8) is 0 Å². The molecule has 0 aromatic heterocycles. The van der Waals surface area contributed by atoms with Gasteiger partial charge in [-0.2, -0.15) is 0 Å². The van der Waals surface area contributed by atoms with Gasteiger partial charge in [0.2, 0.25) is 0 Å². The number of fused-ring (bicyclic) bond motifs is 6. The summed E-state index contributed by atoms with van der Waals surface area (Å²) < 4.78 is 11.9. The summed E-state index contributed by atoms with van der Waals surface area (Å²) in [7, 11) is 1.65. The molecule has 4 heteroatoms. The van der Waals surface area contributed by atoms with Crippen LogP contribution < -0.4 is 14.8 Å². The summed E-state index contributed by atoms with van der Waals surface area (Å²) in [5, 5.41) is 5.20. The minimum atomic E-state index is -0.496. The van der Waals surface area contributed by atoms with Crippen LogP contribution in [0.15, 0.2) is 30.3 Å². The van der Waals surface area contributed by atoms with Gasteiger partial charge in [0.1, 0.15) is 11.5 Å². The van der Waals surface area contributed by atoms with Crippen LogP contribution in [0.4, 0.5) is 0 Å². The number of hydrogen-bond acceptors (Lipinski definition) is 3. The van der Waals surface area contributed by atoms with E-state index in [4.69, 9.17) is 9.47 Å². The molecule has 2 aromatic rings. The van der Waals surface area contributed by atoms with Crippen molar-refractivity contribution < 1.29 is 14.3 Å². The van der Waals surface area contributed by atoms with Crippen LogP contribution >= 0.6 is 0 Å². The average molecular weight is 309 g/mol. The molecule has 3 aliphatic rings. The minimum Gasteiger partial charge on any atom is -0.497 e. The molecule has 1 amide bonds. The topological polar surface area (TPSA) is 47.6 Å². The van der Waals surface area contributed by atoms with Gasteiger partial charge in [0, 0.05) is 17.7 Å². The summed E-state index contributed by atoms with van der Waals surface area (Å²) >= 11 is 0. The predicted molar refractivity (Wildman–Crippen MR) is 86.8 cm³/mol. The minimum absolute atomic E-state index is 0.0106.